The van der Waals surface area contributed by atoms with E-state index >= 15 is 0 Å². The molecule has 2 aromatic carbocycles. The van der Waals surface area contributed by atoms with Crippen molar-refractivity contribution in [3.8, 4) is 16.2 Å². The molecule has 0 unspecified atom stereocenters. The van der Waals surface area contributed by atoms with Gasteiger partial charge in [0.05, 0.1) is 17.7 Å². The van der Waals surface area contributed by atoms with E-state index in [9.17, 15) is 9.90 Å². The quantitative estimate of drug-likeness (QED) is 0.482. The molecule has 4 aromatic rings. The van der Waals surface area contributed by atoms with Gasteiger partial charge >= 0.3 is 0 Å². The van der Waals surface area contributed by atoms with Crippen LogP contribution in [0.5, 0.6) is 5.75 Å². The first-order valence-electron chi connectivity index (χ1n) is 10.1. The lowest BCUT2D eigenvalue weighted by atomic mass is 10.2. The molecule has 1 aliphatic rings. The molecule has 0 bridgehead atoms. The van der Waals surface area contributed by atoms with Gasteiger partial charge in [-0.1, -0.05) is 35.9 Å². The number of aromatic amines is 1. The molecule has 1 fully saturated rings. The van der Waals surface area contributed by atoms with Crippen LogP contribution in [0.4, 0.5) is 5.69 Å². The number of halogens is 1. The Morgan fingerprint density at radius 2 is 1.81 bits per heavy atom. The SMILES string of the molecule is O=c1[nH]c(CN2CCN(c3ccccc3O)CC2)nc2cc(-c3ccc(Cl)cc3)sc12. The van der Waals surface area contributed by atoms with Gasteiger partial charge in [0.25, 0.3) is 5.56 Å². The number of thiophene rings is 1. The van der Waals surface area contributed by atoms with Gasteiger partial charge in [-0.25, -0.2) is 4.98 Å². The van der Waals surface area contributed by atoms with Crippen molar-refractivity contribution in [1.82, 2.24) is 14.9 Å². The molecule has 6 nitrogen and oxygen atoms in total. The fourth-order valence-electron chi connectivity index (χ4n) is 3.91. The Kier molecular flexibility index (Phi) is 5.40. The van der Waals surface area contributed by atoms with Crippen molar-refractivity contribution in [3.63, 3.8) is 0 Å². The van der Waals surface area contributed by atoms with E-state index in [0.717, 1.165) is 47.8 Å². The van der Waals surface area contributed by atoms with Crippen molar-refractivity contribution < 1.29 is 5.11 Å². The van der Waals surface area contributed by atoms with Gasteiger partial charge in [-0.3, -0.25) is 9.69 Å². The van der Waals surface area contributed by atoms with Gasteiger partial charge in [0, 0.05) is 36.1 Å². The Morgan fingerprint density at radius 1 is 1.06 bits per heavy atom. The second-order valence-electron chi connectivity index (χ2n) is 7.60. The minimum absolute atomic E-state index is 0.0990. The van der Waals surface area contributed by atoms with Crippen molar-refractivity contribution in [1.29, 1.82) is 0 Å². The molecular weight excluding hydrogens is 432 g/mol. The van der Waals surface area contributed by atoms with E-state index in [4.69, 9.17) is 16.6 Å². The first-order chi connectivity index (χ1) is 15.1. The highest BCUT2D eigenvalue weighted by atomic mass is 35.5. The number of phenols is 1. The third-order valence-electron chi connectivity index (χ3n) is 5.53. The van der Waals surface area contributed by atoms with Crippen LogP contribution in [0.25, 0.3) is 20.7 Å². The molecule has 0 atom stereocenters. The van der Waals surface area contributed by atoms with E-state index in [1.807, 2.05) is 48.5 Å². The molecule has 1 aliphatic heterocycles. The number of nitrogens with zero attached hydrogens (tertiary/aromatic N) is 3. The summed E-state index contributed by atoms with van der Waals surface area (Å²) < 4.78 is 0.637. The van der Waals surface area contributed by atoms with Crippen LogP contribution < -0.4 is 10.5 Å². The number of aromatic hydroxyl groups is 1. The van der Waals surface area contributed by atoms with Crippen LogP contribution in [-0.4, -0.2) is 46.2 Å². The highest BCUT2D eigenvalue weighted by Gasteiger charge is 2.20. The summed E-state index contributed by atoms with van der Waals surface area (Å²) in [5, 5.41) is 10.8. The largest absolute Gasteiger partial charge is 0.506 e. The van der Waals surface area contributed by atoms with Gasteiger partial charge in [0.15, 0.2) is 0 Å². The number of nitrogens with one attached hydrogen (secondary N) is 1. The minimum Gasteiger partial charge on any atom is -0.506 e. The van der Waals surface area contributed by atoms with Gasteiger partial charge in [-0.2, -0.15) is 0 Å². The molecule has 3 heterocycles. The number of aromatic nitrogens is 2. The van der Waals surface area contributed by atoms with Crippen LogP contribution in [-0.2, 0) is 6.54 Å². The molecule has 2 aromatic heterocycles. The maximum Gasteiger partial charge on any atom is 0.268 e. The minimum atomic E-state index is -0.0990. The highest BCUT2D eigenvalue weighted by molar-refractivity contribution is 7.22. The fraction of sp³-hybridized carbons (Fsp3) is 0.217. The number of phenolic OH excluding ortho intramolecular Hbond substituents is 1. The Bertz CT molecular complexity index is 1280. The van der Waals surface area contributed by atoms with Gasteiger partial charge in [0.1, 0.15) is 16.3 Å². The molecule has 158 valence electrons. The van der Waals surface area contributed by atoms with E-state index < -0.39 is 0 Å². The molecule has 0 saturated carbocycles. The molecule has 0 amide bonds. The van der Waals surface area contributed by atoms with Gasteiger partial charge in [-0.15, -0.1) is 11.3 Å². The zero-order valence-corrected chi connectivity index (χ0v) is 18.3. The van der Waals surface area contributed by atoms with Crippen LogP contribution in [0, 0.1) is 0 Å². The predicted molar refractivity (Wildman–Crippen MR) is 126 cm³/mol. The van der Waals surface area contributed by atoms with Crippen LogP contribution in [0.15, 0.2) is 59.4 Å². The Balaban J connectivity index is 1.31. The van der Waals surface area contributed by atoms with E-state index in [2.05, 4.69) is 14.8 Å². The number of rotatable bonds is 4. The van der Waals surface area contributed by atoms with Crippen molar-refractivity contribution in [3.05, 3.63) is 75.8 Å². The Hall–Kier alpha value is -2.87. The van der Waals surface area contributed by atoms with Crippen molar-refractivity contribution in [2.45, 2.75) is 6.54 Å². The first kappa shape index (κ1) is 20.1. The summed E-state index contributed by atoms with van der Waals surface area (Å²) in [7, 11) is 0. The number of benzene rings is 2. The number of hydrogen-bond acceptors (Lipinski definition) is 6. The lowest BCUT2D eigenvalue weighted by Gasteiger charge is -2.36. The molecule has 0 radical (unpaired) electrons. The molecule has 31 heavy (non-hydrogen) atoms. The van der Waals surface area contributed by atoms with E-state index in [1.54, 1.807) is 6.07 Å². The molecule has 0 spiro atoms. The summed E-state index contributed by atoms with van der Waals surface area (Å²) in [5.74, 6) is 0.982. The van der Waals surface area contributed by atoms with E-state index in [0.29, 0.717) is 27.8 Å². The van der Waals surface area contributed by atoms with Gasteiger partial charge < -0.3 is 15.0 Å². The van der Waals surface area contributed by atoms with Gasteiger partial charge in [0.2, 0.25) is 0 Å². The van der Waals surface area contributed by atoms with Crippen LogP contribution in [0.1, 0.15) is 5.82 Å². The van der Waals surface area contributed by atoms with Crippen LogP contribution >= 0.6 is 22.9 Å². The number of H-pyrrole nitrogens is 1. The van der Waals surface area contributed by atoms with Crippen molar-refractivity contribution in [2.75, 3.05) is 31.1 Å². The number of fused-ring (bicyclic) bond motifs is 1. The molecule has 1 saturated heterocycles. The molecule has 2 N–H and O–H groups in total. The lowest BCUT2D eigenvalue weighted by Crippen LogP contribution is -2.46. The summed E-state index contributed by atoms with van der Waals surface area (Å²) in [4.78, 5) is 25.8. The molecule has 8 heteroatoms. The summed E-state index contributed by atoms with van der Waals surface area (Å²) >= 11 is 7.43. The topological polar surface area (TPSA) is 72.5 Å². The second-order valence-corrected chi connectivity index (χ2v) is 9.09. The summed E-state index contributed by atoms with van der Waals surface area (Å²) in [6.45, 7) is 3.86. The van der Waals surface area contributed by atoms with Gasteiger partial charge in [-0.05, 0) is 35.9 Å². The zero-order chi connectivity index (χ0) is 21.4. The lowest BCUT2D eigenvalue weighted by molar-refractivity contribution is 0.243. The standard InChI is InChI=1S/C23H21ClN4O2S/c24-16-7-5-15(6-8-16)20-13-17-22(31-20)23(30)26-21(25-17)14-27-9-11-28(12-10-27)18-3-1-2-4-19(18)29/h1-8,13,29H,9-12,14H2,(H,25,26,30). The molecule has 5 rings (SSSR count). The fourth-order valence-corrected chi connectivity index (χ4v) is 5.03. The van der Waals surface area contributed by atoms with Crippen molar-refractivity contribution in [2.24, 2.45) is 0 Å². The maximum absolute atomic E-state index is 12.7. The monoisotopic (exact) mass is 452 g/mol. The van der Waals surface area contributed by atoms with Crippen molar-refractivity contribution >= 4 is 38.8 Å². The highest BCUT2D eigenvalue weighted by Crippen LogP contribution is 2.32. The summed E-state index contributed by atoms with van der Waals surface area (Å²) in [6, 6.07) is 17.0. The normalized spacial score (nSPS) is 14.9. The second kappa shape index (κ2) is 8.34. The molecule has 0 aliphatic carbocycles. The van der Waals surface area contributed by atoms with E-state index in [-0.39, 0.29) is 5.56 Å². The average molecular weight is 453 g/mol. The summed E-state index contributed by atoms with van der Waals surface area (Å²) in [5.41, 5.74) is 2.51. The third-order valence-corrected chi connectivity index (χ3v) is 6.95. The average Bonchev–Trinajstić information content (AvgIpc) is 3.20. The van der Waals surface area contributed by atoms with E-state index in [1.165, 1.54) is 11.3 Å². The van der Waals surface area contributed by atoms with Crippen LogP contribution in [0.3, 0.4) is 0 Å². The third kappa shape index (κ3) is 4.17. The Labute approximate surface area is 188 Å². The number of hydrogen-bond donors (Lipinski definition) is 2. The number of piperazine rings is 1. The smallest absolute Gasteiger partial charge is 0.268 e. The molecular formula is C23H21ClN4O2S. The summed E-state index contributed by atoms with van der Waals surface area (Å²) in [6.07, 6.45) is 0. The number of anilines is 1. The first-order valence-corrected chi connectivity index (χ1v) is 11.3. The predicted octanol–water partition coefficient (Wildman–Crippen LogP) is 4.33. The Morgan fingerprint density at radius 3 is 2.55 bits per heavy atom. The maximum atomic E-state index is 12.7. The van der Waals surface area contributed by atoms with Crippen LogP contribution in [0.2, 0.25) is 5.02 Å². The zero-order valence-electron chi connectivity index (χ0n) is 16.7. The number of para-hydroxylation sites is 2.